The Kier molecular flexibility index (Phi) is 5.00. The van der Waals surface area contributed by atoms with Crippen LogP contribution in [0.1, 0.15) is 20.9 Å². The predicted octanol–water partition coefficient (Wildman–Crippen LogP) is 4.57. The van der Waals surface area contributed by atoms with Crippen LogP contribution >= 0.6 is 15.9 Å². The molecule has 0 radical (unpaired) electrons. The molecule has 0 saturated heterocycles. The van der Waals surface area contributed by atoms with Gasteiger partial charge < -0.3 is 14.6 Å². The summed E-state index contributed by atoms with van der Waals surface area (Å²) in [4.78, 5) is 26.3. The summed E-state index contributed by atoms with van der Waals surface area (Å²) in [5.74, 6) is -0.361. The minimum atomic E-state index is -0.383. The van der Waals surface area contributed by atoms with Gasteiger partial charge in [0.15, 0.2) is 10.4 Å². The number of hydrogen-bond donors (Lipinski definition) is 1. The number of nitrogens with zero attached hydrogens (tertiary/aromatic N) is 1. The van der Waals surface area contributed by atoms with Gasteiger partial charge in [-0.2, -0.15) is 0 Å². The Balaban J connectivity index is 1.77. The summed E-state index contributed by atoms with van der Waals surface area (Å²) in [5, 5.41) is 2.72. The third-order valence-corrected chi connectivity index (χ3v) is 4.04. The Labute approximate surface area is 153 Å². The summed E-state index contributed by atoms with van der Waals surface area (Å²) < 4.78 is 5.70. The number of carbonyl (C=O) groups excluding carboxylic acids is 2. The molecule has 2 amide bonds. The molecule has 2 aromatic carbocycles. The van der Waals surface area contributed by atoms with Crippen LogP contribution in [0.5, 0.6) is 0 Å². The number of para-hydroxylation sites is 1. The Hall–Kier alpha value is -2.86. The van der Waals surface area contributed by atoms with E-state index in [1.54, 1.807) is 48.3 Å². The molecule has 3 rings (SSSR count). The van der Waals surface area contributed by atoms with Crippen molar-refractivity contribution in [1.29, 1.82) is 0 Å². The summed E-state index contributed by atoms with van der Waals surface area (Å²) >= 11 is 3.16. The van der Waals surface area contributed by atoms with E-state index < -0.39 is 0 Å². The molecular formula is C19H15BrN2O3. The first-order chi connectivity index (χ1) is 12.0. The molecular weight excluding hydrogens is 384 g/mol. The quantitative estimate of drug-likeness (QED) is 0.699. The van der Waals surface area contributed by atoms with Crippen LogP contribution in [-0.2, 0) is 0 Å². The van der Waals surface area contributed by atoms with Crippen molar-refractivity contribution in [2.45, 2.75) is 0 Å². The zero-order valence-electron chi connectivity index (χ0n) is 13.4. The number of hydrogen-bond acceptors (Lipinski definition) is 3. The van der Waals surface area contributed by atoms with E-state index in [4.69, 9.17) is 4.42 Å². The fourth-order valence-electron chi connectivity index (χ4n) is 2.32. The van der Waals surface area contributed by atoms with Gasteiger partial charge in [-0.25, -0.2) is 0 Å². The SMILES string of the molecule is CN(C(=O)c1cccc(NC(=O)c2ccc(Br)o2)c1)c1ccccc1. The minimum absolute atomic E-state index is 0.164. The van der Waals surface area contributed by atoms with E-state index in [9.17, 15) is 9.59 Å². The maximum atomic E-state index is 12.6. The first kappa shape index (κ1) is 17.0. The maximum Gasteiger partial charge on any atom is 0.291 e. The molecule has 1 aromatic heterocycles. The molecule has 0 fully saturated rings. The highest BCUT2D eigenvalue weighted by molar-refractivity contribution is 9.10. The van der Waals surface area contributed by atoms with Crippen LogP contribution in [0.3, 0.4) is 0 Å². The highest BCUT2D eigenvalue weighted by Gasteiger charge is 2.15. The van der Waals surface area contributed by atoms with Gasteiger partial charge in [-0.05, 0) is 58.4 Å². The number of rotatable bonds is 4. The highest BCUT2D eigenvalue weighted by atomic mass is 79.9. The van der Waals surface area contributed by atoms with Gasteiger partial charge in [0.2, 0.25) is 0 Å². The number of anilines is 2. The van der Waals surface area contributed by atoms with E-state index in [0.717, 1.165) is 5.69 Å². The summed E-state index contributed by atoms with van der Waals surface area (Å²) in [6.45, 7) is 0. The maximum absolute atomic E-state index is 12.6. The van der Waals surface area contributed by atoms with Crippen molar-refractivity contribution in [2.75, 3.05) is 17.3 Å². The van der Waals surface area contributed by atoms with Crippen LogP contribution in [0.2, 0.25) is 0 Å². The van der Waals surface area contributed by atoms with E-state index in [1.165, 1.54) is 0 Å². The molecule has 0 bridgehead atoms. The normalized spacial score (nSPS) is 10.3. The Morgan fingerprint density at radius 3 is 2.44 bits per heavy atom. The van der Waals surface area contributed by atoms with E-state index in [-0.39, 0.29) is 17.6 Å². The Morgan fingerprint density at radius 2 is 1.76 bits per heavy atom. The molecule has 0 atom stereocenters. The van der Waals surface area contributed by atoms with Gasteiger partial charge in [0, 0.05) is 24.0 Å². The molecule has 0 aliphatic carbocycles. The van der Waals surface area contributed by atoms with Crippen molar-refractivity contribution < 1.29 is 14.0 Å². The van der Waals surface area contributed by atoms with Gasteiger partial charge in [-0.1, -0.05) is 24.3 Å². The summed E-state index contributed by atoms with van der Waals surface area (Å²) in [6.07, 6.45) is 0. The first-order valence-corrected chi connectivity index (χ1v) is 8.34. The molecule has 0 aliphatic rings. The Bertz CT molecular complexity index is 906. The molecule has 126 valence electrons. The minimum Gasteiger partial charge on any atom is -0.444 e. The molecule has 1 N–H and O–H groups in total. The molecule has 0 saturated carbocycles. The van der Waals surface area contributed by atoms with Crippen molar-refractivity contribution in [2.24, 2.45) is 0 Å². The average Bonchev–Trinajstić information content (AvgIpc) is 3.08. The monoisotopic (exact) mass is 398 g/mol. The number of benzene rings is 2. The average molecular weight is 399 g/mol. The third-order valence-electron chi connectivity index (χ3n) is 3.61. The van der Waals surface area contributed by atoms with Crippen molar-refractivity contribution in [3.63, 3.8) is 0 Å². The zero-order chi connectivity index (χ0) is 17.8. The van der Waals surface area contributed by atoms with Gasteiger partial charge in [-0.15, -0.1) is 0 Å². The number of carbonyl (C=O) groups is 2. The van der Waals surface area contributed by atoms with E-state index >= 15 is 0 Å². The molecule has 6 heteroatoms. The number of nitrogens with one attached hydrogen (secondary N) is 1. The number of amides is 2. The van der Waals surface area contributed by atoms with E-state index in [0.29, 0.717) is 15.9 Å². The van der Waals surface area contributed by atoms with Gasteiger partial charge >= 0.3 is 0 Å². The second kappa shape index (κ2) is 7.36. The lowest BCUT2D eigenvalue weighted by molar-refractivity contribution is 0.0984. The van der Waals surface area contributed by atoms with Crippen molar-refractivity contribution in [3.05, 3.63) is 82.7 Å². The van der Waals surface area contributed by atoms with E-state index in [1.807, 2.05) is 30.3 Å². The number of halogens is 1. The largest absolute Gasteiger partial charge is 0.444 e. The van der Waals surface area contributed by atoms with Crippen LogP contribution < -0.4 is 10.2 Å². The van der Waals surface area contributed by atoms with Crippen LogP contribution in [-0.4, -0.2) is 18.9 Å². The van der Waals surface area contributed by atoms with Crippen LogP contribution in [0.25, 0.3) is 0 Å². The highest BCUT2D eigenvalue weighted by Crippen LogP contribution is 2.19. The number of furan rings is 1. The fraction of sp³-hybridized carbons (Fsp3) is 0.0526. The van der Waals surface area contributed by atoms with Crippen molar-refractivity contribution in [3.8, 4) is 0 Å². The molecule has 1 heterocycles. The lowest BCUT2D eigenvalue weighted by atomic mass is 10.1. The lowest BCUT2D eigenvalue weighted by Crippen LogP contribution is -2.26. The fourth-order valence-corrected chi connectivity index (χ4v) is 2.63. The summed E-state index contributed by atoms with van der Waals surface area (Å²) in [5.41, 5.74) is 1.79. The predicted molar refractivity (Wildman–Crippen MR) is 100.0 cm³/mol. The van der Waals surface area contributed by atoms with Gasteiger partial charge in [0.1, 0.15) is 0 Å². The summed E-state index contributed by atoms with van der Waals surface area (Å²) in [6, 6.07) is 19.4. The standard InChI is InChI=1S/C19H15BrN2O3/c1-22(15-8-3-2-4-9-15)19(24)13-6-5-7-14(12-13)21-18(23)16-10-11-17(20)25-16/h2-12H,1H3,(H,21,23). The molecule has 25 heavy (non-hydrogen) atoms. The van der Waals surface area contributed by atoms with Crippen LogP contribution in [0.15, 0.2) is 75.8 Å². The molecule has 5 nitrogen and oxygen atoms in total. The third kappa shape index (κ3) is 3.97. The van der Waals surface area contributed by atoms with Crippen molar-refractivity contribution in [1.82, 2.24) is 0 Å². The van der Waals surface area contributed by atoms with Crippen LogP contribution in [0.4, 0.5) is 11.4 Å². The van der Waals surface area contributed by atoms with Gasteiger partial charge in [0.25, 0.3) is 11.8 Å². The first-order valence-electron chi connectivity index (χ1n) is 7.54. The topological polar surface area (TPSA) is 62.6 Å². The van der Waals surface area contributed by atoms with Crippen LogP contribution in [0, 0.1) is 0 Å². The summed E-state index contributed by atoms with van der Waals surface area (Å²) in [7, 11) is 1.71. The molecule has 0 unspecified atom stereocenters. The Morgan fingerprint density at radius 1 is 1.00 bits per heavy atom. The van der Waals surface area contributed by atoms with Gasteiger partial charge in [0.05, 0.1) is 0 Å². The second-order valence-corrected chi connectivity index (χ2v) is 6.12. The molecule has 3 aromatic rings. The van der Waals surface area contributed by atoms with Crippen molar-refractivity contribution >= 4 is 39.1 Å². The smallest absolute Gasteiger partial charge is 0.291 e. The molecule has 0 aliphatic heterocycles. The van der Waals surface area contributed by atoms with Gasteiger partial charge in [-0.3, -0.25) is 9.59 Å². The zero-order valence-corrected chi connectivity index (χ0v) is 15.0. The second-order valence-electron chi connectivity index (χ2n) is 5.34. The van der Waals surface area contributed by atoms with E-state index in [2.05, 4.69) is 21.2 Å². The lowest BCUT2D eigenvalue weighted by Gasteiger charge is -2.17. The molecule has 0 spiro atoms.